The van der Waals surface area contributed by atoms with Crippen molar-refractivity contribution in [2.24, 2.45) is 10.7 Å². The molecule has 0 aromatic rings. The lowest BCUT2D eigenvalue weighted by atomic mass is 10.1. The summed E-state index contributed by atoms with van der Waals surface area (Å²) in [6, 6.07) is 0.222. The van der Waals surface area contributed by atoms with Gasteiger partial charge in [0.2, 0.25) is 0 Å². The van der Waals surface area contributed by atoms with Crippen LogP contribution in [-0.2, 0) is 0 Å². The minimum absolute atomic E-state index is 0.0224. The molecule has 0 fully saturated rings. The van der Waals surface area contributed by atoms with Gasteiger partial charge in [-0.25, -0.2) is 4.99 Å². The van der Waals surface area contributed by atoms with Gasteiger partial charge in [-0.2, -0.15) is 0 Å². The largest absolute Gasteiger partial charge is 0.370 e. The van der Waals surface area contributed by atoms with E-state index < -0.39 is 0 Å². The van der Waals surface area contributed by atoms with Gasteiger partial charge in [0.1, 0.15) is 0 Å². The number of nitrogens with one attached hydrogen (secondary N) is 1. The molecule has 84 valence electrons. The summed E-state index contributed by atoms with van der Waals surface area (Å²) in [6.45, 7) is 9.15. The third-order valence-corrected chi connectivity index (χ3v) is 1.49. The highest BCUT2D eigenvalue weighted by Gasteiger charge is 2.10. The molecule has 0 aliphatic heterocycles. The first-order valence-electron chi connectivity index (χ1n) is 4.97. The van der Waals surface area contributed by atoms with Crippen LogP contribution in [0.2, 0.25) is 0 Å². The fourth-order valence-electron chi connectivity index (χ4n) is 1.22. The first-order chi connectivity index (χ1) is 6.20. The fourth-order valence-corrected chi connectivity index (χ4v) is 1.22. The van der Waals surface area contributed by atoms with Gasteiger partial charge in [0.05, 0.1) is 6.04 Å². The first kappa shape index (κ1) is 13.2. The lowest BCUT2D eigenvalue weighted by molar-refractivity contribution is 0.382. The zero-order chi connectivity index (χ0) is 11.4. The van der Waals surface area contributed by atoms with Crippen molar-refractivity contribution in [1.29, 1.82) is 0 Å². The maximum atomic E-state index is 5.76. The summed E-state index contributed by atoms with van der Waals surface area (Å²) in [4.78, 5) is 6.44. The van der Waals surface area contributed by atoms with Gasteiger partial charge in [-0.05, 0) is 41.8 Å². The van der Waals surface area contributed by atoms with Gasteiger partial charge in [-0.3, -0.25) is 0 Å². The van der Waals surface area contributed by atoms with Crippen LogP contribution >= 0.6 is 0 Å². The van der Waals surface area contributed by atoms with Gasteiger partial charge in [-0.1, -0.05) is 0 Å². The molecular weight excluding hydrogens is 176 g/mol. The van der Waals surface area contributed by atoms with E-state index in [1.54, 1.807) is 0 Å². The zero-order valence-corrected chi connectivity index (χ0v) is 10.3. The summed E-state index contributed by atoms with van der Waals surface area (Å²) in [5.41, 5.74) is 5.73. The molecule has 0 saturated heterocycles. The van der Waals surface area contributed by atoms with Crippen molar-refractivity contribution in [3.05, 3.63) is 0 Å². The number of aliphatic imine (C=N–C) groups is 1. The quantitative estimate of drug-likeness (QED) is 0.519. The molecule has 0 amide bonds. The number of likely N-dealkylation sites (N-methyl/N-ethyl adjacent to an activating group) is 1. The highest BCUT2D eigenvalue weighted by atomic mass is 15.2. The van der Waals surface area contributed by atoms with Crippen molar-refractivity contribution in [2.45, 2.75) is 39.3 Å². The Labute approximate surface area is 87.6 Å². The van der Waals surface area contributed by atoms with Gasteiger partial charge < -0.3 is 16.0 Å². The monoisotopic (exact) mass is 200 g/mol. The lowest BCUT2D eigenvalue weighted by Crippen LogP contribution is -2.45. The number of nitrogens with zero attached hydrogens (tertiary/aromatic N) is 2. The van der Waals surface area contributed by atoms with Crippen LogP contribution in [0.3, 0.4) is 0 Å². The van der Waals surface area contributed by atoms with Crippen molar-refractivity contribution in [3.63, 3.8) is 0 Å². The van der Waals surface area contributed by atoms with Crippen molar-refractivity contribution >= 4 is 5.96 Å². The summed E-state index contributed by atoms with van der Waals surface area (Å²) < 4.78 is 0. The van der Waals surface area contributed by atoms with E-state index in [0.29, 0.717) is 5.96 Å². The first-order valence-corrected chi connectivity index (χ1v) is 4.97. The van der Waals surface area contributed by atoms with Crippen LogP contribution < -0.4 is 11.1 Å². The Morgan fingerprint density at radius 3 is 2.29 bits per heavy atom. The molecule has 0 aliphatic rings. The summed E-state index contributed by atoms with van der Waals surface area (Å²) in [5, 5.41) is 3.13. The standard InChI is InChI=1S/C10H24N4/c1-8(7-14(5)6)12-9(11)13-10(2,3)4/h8H,7H2,1-6H3,(H3,11,12,13). The molecule has 0 aliphatic carbocycles. The van der Waals surface area contributed by atoms with Crippen molar-refractivity contribution in [1.82, 2.24) is 10.2 Å². The van der Waals surface area contributed by atoms with Crippen LogP contribution in [0.4, 0.5) is 0 Å². The minimum Gasteiger partial charge on any atom is -0.370 e. The molecular formula is C10H24N4. The molecule has 14 heavy (non-hydrogen) atoms. The molecule has 0 rings (SSSR count). The van der Waals surface area contributed by atoms with Crippen LogP contribution in [0, 0.1) is 0 Å². The van der Waals surface area contributed by atoms with Gasteiger partial charge in [0.25, 0.3) is 0 Å². The highest BCUT2D eigenvalue weighted by Crippen LogP contribution is 1.98. The smallest absolute Gasteiger partial charge is 0.189 e. The predicted molar refractivity (Wildman–Crippen MR) is 62.5 cm³/mol. The van der Waals surface area contributed by atoms with Crippen LogP contribution in [0.15, 0.2) is 4.99 Å². The van der Waals surface area contributed by atoms with E-state index in [4.69, 9.17) is 5.73 Å². The van der Waals surface area contributed by atoms with Crippen molar-refractivity contribution < 1.29 is 0 Å². The topological polar surface area (TPSA) is 53.6 Å². The molecule has 0 radical (unpaired) electrons. The molecule has 4 nitrogen and oxygen atoms in total. The molecule has 3 N–H and O–H groups in total. The van der Waals surface area contributed by atoms with Crippen LogP contribution in [0.25, 0.3) is 0 Å². The molecule has 1 unspecified atom stereocenters. The second kappa shape index (κ2) is 5.20. The average molecular weight is 200 g/mol. The second-order valence-electron chi connectivity index (χ2n) is 5.00. The maximum absolute atomic E-state index is 5.76. The number of hydrogen-bond acceptors (Lipinski definition) is 2. The Hall–Kier alpha value is -0.770. The number of hydrogen-bond donors (Lipinski definition) is 2. The number of rotatable bonds is 3. The van der Waals surface area contributed by atoms with Crippen molar-refractivity contribution in [2.75, 3.05) is 20.6 Å². The van der Waals surface area contributed by atoms with E-state index in [1.165, 1.54) is 0 Å². The molecule has 0 heterocycles. The van der Waals surface area contributed by atoms with E-state index in [2.05, 4.69) is 42.9 Å². The molecule has 0 bridgehead atoms. The van der Waals surface area contributed by atoms with Crippen molar-refractivity contribution in [3.8, 4) is 0 Å². The van der Waals surface area contributed by atoms with Gasteiger partial charge >= 0.3 is 0 Å². The molecule has 0 aromatic carbocycles. The fraction of sp³-hybridized carbons (Fsp3) is 0.900. The maximum Gasteiger partial charge on any atom is 0.189 e. The van der Waals surface area contributed by atoms with E-state index in [9.17, 15) is 0 Å². The molecule has 4 heteroatoms. The molecule has 0 spiro atoms. The summed E-state index contributed by atoms with van der Waals surface area (Å²) in [5.74, 6) is 0.520. The Kier molecular flexibility index (Phi) is 4.91. The third-order valence-electron chi connectivity index (χ3n) is 1.49. The van der Waals surface area contributed by atoms with E-state index in [0.717, 1.165) is 6.54 Å². The highest BCUT2D eigenvalue weighted by molar-refractivity contribution is 5.78. The van der Waals surface area contributed by atoms with Gasteiger partial charge in [-0.15, -0.1) is 0 Å². The molecule has 1 atom stereocenters. The number of nitrogens with two attached hydrogens (primary N) is 1. The molecule has 0 saturated carbocycles. The van der Waals surface area contributed by atoms with Gasteiger partial charge in [0, 0.05) is 12.1 Å². The second-order valence-corrected chi connectivity index (χ2v) is 5.00. The summed E-state index contributed by atoms with van der Waals surface area (Å²) in [6.07, 6.45) is 0. The summed E-state index contributed by atoms with van der Waals surface area (Å²) in [7, 11) is 4.05. The zero-order valence-electron chi connectivity index (χ0n) is 10.3. The van der Waals surface area contributed by atoms with Crippen LogP contribution in [0.5, 0.6) is 0 Å². The Bertz CT molecular complexity index is 191. The Balaban J connectivity index is 4.09. The third kappa shape index (κ3) is 7.86. The SMILES string of the molecule is CC(CN(C)C)N=C(N)NC(C)(C)C. The lowest BCUT2D eigenvalue weighted by Gasteiger charge is -2.22. The van der Waals surface area contributed by atoms with E-state index in [-0.39, 0.29) is 11.6 Å². The van der Waals surface area contributed by atoms with Crippen LogP contribution in [0.1, 0.15) is 27.7 Å². The van der Waals surface area contributed by atoms with Crippen LogP contribution in [-0.4, -0.2) is 43.1 Å². The summed E-state index contributed by atoms with van der Waals surface area (Å²) >= 11 is 0. The average Bonchev–Trinajstić information content (AvgIpc) is 1.77. The Morgan fingerprint density at radius 1 is 1.43 bits per heavy atom. The normalized spacial score (nSPS) is 15.8. The predicted octanol–water partition coefficient (Wildman–Crippen LogP) is 0.639. The van der Waals surface area contributed by atoms with Gasteiger partial charge in [0.15, 0.2) is 5.96 Å². The van der Waals surface area contributed by atoms with E-state index in [1.807, 2.05) is 14.1 Å². The Morgan fingerprint density at radius 2 is 1.93 bits per heavy atom. The molecule has 0 aromatic heterocycles. The minimum atomic E-state index is -0.0224. The van der Waals surface area contributed by atoms with E-state index >= 15 is 0 Å². The number of guanidine groups is 1.